The Balaban J connectivity index is 1.76. The average molecular weight is 237 g/mol. The van der Waals surface area contributed by atoms with E-state index in [1.54, 1.807) is 0 Å². The maximum atomic E-state index is 5.53. The summed E-state index contributed by atoms with van der Waals surface area (Å²) in [6, 6.07) is 0. The van der Waals surface area contributed by atoms with Gasteiger partial charge in [-0.1, -0.05) is 5.16 Å². The van der Waals surface area contributed by atoms with Crippen LogP contribution in [0.3, 0.4) is 0 Å². The van der Waals surface area contributed by atoms with E-state index >= 15 is 0 Å². The van der Waals surface area contributed by atoms with Gasteiger partial charge in [-0.05, 0) is 23.2 Å². The molecule has 17 heavy (non-hydrogen) atoms. The van der Waals surface area contributed by atoms with Crippen LogP contribution >= 0.6 is 0 Å². The number of nitrogen functional groups attached to an aromatic ring is 1. The maximum Gasteiger partial charge on any atom is 0.284 e. The third-order valence-corrected chi connectivity index (χ3v) is 2.62. The van der Waals surface area contributed by atoms with Crippen molar-refractivity contribution in [1.29, 1.82) is 0 Å². The standard InChI is InChI=1S/C9H11N5O3/c10-8-7(13-17-14-8)9-11-6(12-16-9)4-5-2-1-3-15-5/h5H,1-4H2,(H2,10,14). The van der Waals surface area contributed by atoms with Crippen molar-refractivity contribution < 1.29 is 13.9 Å². The molecule has 1 saturated heterocycles. The number of nitrogens with zero attached hydrogens (tertiary/aromatic N) is 4. The molecule has 0 spiro atoms. The van der Waals surface area contributed by atoms with Crippen molar-refractivity contribution in [2.75, 3.05) is 12.3 Å². The minimum Gasteiger partial charge on any atom is -0.379 e. The smallest absolute Gasteiger partial charge is 0.284 e. The zero-order valence-corrected chi connectivity index (χ0v) is 9.00. The number of hydrogen-bond donors (Lipinski definition) is 1. The summed E-state index contributed by atoms with van der Waals surface area (Å²) in [5, 5.41) is 10.9. The van der Waals surface area contributed by atoms with Gasteiger partial charge < -0.3 is 15.0 Å². The van der Waals surface area contributed by atoms with Gasteiger partial charge in [-0.15, -0.1) is 0 Å². The van der Waals surface area contributed by atoms with E-state index in [9.17, 15) is 0 Å². The number of hydrogen-bond acceptors (Lipinski definition) is 8. The molecule has 2 N–H and O–H groups in total. The number of ether oxygens (including phenoxy) is 1. The Hall–Kier alpha value is -1.96. The molecule has 0 saturated carbocycles. The van der Waals surface area contributed by atoms with Gasteiger partial charge in [-0.3, -0.25) is 0 Å². The number of anilines is 1. The summed E-state index contributed by atoms with van der Waals surface area (Å²) < 4.78 is 15.0. The summed E-state index contributed by atoms with van der Waals surface area (Å²) in [5.74, 6) is 0.934. The minimum absolute atomic E-state index is 0.136. The first-order valence-electron chi connectivity index (χ1n) is 5.35. The molecule has 0 bridgehead atoms. The first-order chi connectivity index (χ1) is 8.33. The van der Waals surface area contributed by atoms with Crippen molar-refractivity contribution in [2.45, 2.75) is 25.4 Å². The summed E-state index contributed by atoms with van der Waals surface area (Å²) in [6.45, 7) is 0.801. The Morgan fingerprint density at radius 3 is 2.94 bits per heavy atom. The lowest BCUT2D eigenvalue weighted by Gasteiger charge is -2.03. The van der Waals surface area contributed by atoms with Gasteiger partial charge in [0.15, 0.2) is 5.82 Å². The Labute approximate surface area is 96.1 Å². The largest absolute Gasteiger partial charge is 0.379 e. The average Bonchev–Trinajstić information content (AvgIpc) is 3.00. The van der Waals surface area contributed by atoms with Crippen molar-refractivity contribution in [2.24, 2.45) is 0 Å². The van der Waals surface area contributed by atoms with Crippen molar-refractivity contribution in [3.05, 3.63) is 5.82 Å². The molecule has 8 heteroatoms. The highest BCUT2D eigenvalue weighted by Crippen LogP contribution is 2.21. The molecule has 3 rings (SSSR count). The number of aromatic nitrogens is 4. The van der Waals surface area contributed by atoms with Crippen molar-refractivity contribution >= 4 is 5.82 Å². The van der Waals surface area contributed by atoms with Crippen molar-refractivity contribution in [1.82, 2.24) is 20.5 Å². The predicted molar refractivity (Wildman–Crippen MR) is 54.7 cm³/mol. The highest BCUT2D eigenvalue weighted by molar-refractivity contribution is 5.60. The van der Waals surface area contributed by atoms with Gasteiger partial charge in [-0.25, -0.2) is 4.63 Å². The van der Waals surface area contributed by atoms with Crippen LogP contribution in [0.5, 0.6) is 0 Å². The van der Waals surface area contributed by atoms with Crippen molar-refractivity contribution in [3.63, 3.8) is 0 Å². The van der Waals surface area contributed by atoms with Crippen LogP contribution in [0.25, 0.3) is 11.6 Å². The van der Waals surface area contributed by atoms with Gasteiger partial charge in [0.05, 0.1) is 6.10 Å². The molecular weight excluding hydrogens is 226 g/mol. The first-order valence-corrected chi connectivity index (χ1v) is 5.35. The van der Waals surface area contributed by atoms with Crippen LogP contribution in [-0.4, -0.2) is 33.2 Å². The van der Waals surface area contributed by atoms with Crippen LogP contribution in [-0.2, 0) is 11.2 Å². The Bertz CT molecular complexity index is 502. The van der Waals surface area contributed by atoms with E-state index in [0.29, 0.717) is 12.2 Å². The molecule has 1 fully saturated rings. The molecule has 0 aromatic carbocycles. The predicted octanol–water partition coefficient (Wildman–Crippen LogP) is 0.423. The summed E-state index contributed by atoms with van der Waals surface area (Å²) >= 11 is 0. The van der Waals surface area contributed by atoms with Gasteiger partial charge in [0, 0.05) is 13.0 Å². The van der Waals surface area contributed by atoms with Crippen LogP contribution in [0, 0.1) is 0 Å². The number of rotatable bonds is 3. The van der Waals surface area contributed by atoms with Crippen LogP contribution in [0.4, 0.5) is 5.82 Å². The Morgan fingerprint density at radius 2 is 2.24 bits per heavy atom. The monoisotopic (exact) mass is 237 g/mol. The summed E-state index contributed by atoms with van der Waals surface area (Å²) in [7, 11) is 0. The molecule has 0 aliphatic carbocycles. The zero-order valence-electron chi connectivity index (χ0n) is 9.00. The molecule has 8 nitrogen and oxygen atoms in total. The lowest BCUT2D eigenvalue weighted by molar-refractivity contribution is 0.109. The van der Waals surface area contributed by atoms with Gasteiger partial charge >= 0.3 is 0 Å². The molecule has 90 valence electrons. The molecular formula is C9H11N5O3. The van der Waals surface area contributed by atoms with Crippen molar-refractivity contribution in [3.8, 4) is 11.6 Å². The fraction of sp³-hybridized carbons (Fsp3) is 0.556. The van der Waals surface area contributed by atoms with E-state index in [1.807, 2.05) is 0 Å². The molecule has 1 atom stereocenters. The second-order valence-electron chi connectivity index (χ2n) is 3.85. The zero-order chi connectivity index (χ0) is 11.7. The highest BCUT2D eigenvalue weighted by atomic mass is 16.6. The Kier molecular flexibility index (Phi) is 2.48. The van der Waals surface area contributed by atoms with E-state index < -0.39 is 0 Å². The molecule has 2 aromatic heterocycles. The SMILES string of the molecule is Nc1nonc1-c1nc(CC2CCCO2)no1. The van der Waals surface area contributed by atoms with Crippen LogP contribution in [0.1, 0.15) is 18.7 Å². The number of nitrogens with two attached hydrogens (primary N) is 1. The molecule has 3 heterocycles. The molecule has 2 aromatic rings. The molecule has 1 aliphatic heterocycles. The first kappa shape index (κ1) is 10.2. The van der Waals surface area contributed by atoms with E-state index in [1.165, 1.54) is 0 Å². The summed E-state index contributed by atoms with van der Waals surface area (Å²) in [4.78, 5) is 4.18. The highest BCUT2D eigenvalue weighted by Gasteiger charge is 2.21. The topological polar surface area (TPSA) is 113 Å². The van der Waals surface area contributed by atoms with Crippen LogP contribution < -0.4 is 5.73 Å². The fourth-order valence-electron chi connectivity index (χ4n) is 1.79. The second kappa shape index (κ2) is 4.13. The quantitative estimate of drug-likeness (QED) is 0.817. The molecule has 1 unspecified atom stereocenters. The van der Waals surface area contributed by atoms with E-state index in [4.69, 9.17) is 15.0 Å². The van der Waals surface area contributed by atoms with Gasteiger partial charge in [0.2, 0.25) is 11.5 Å². The maximum absolute atomic E-state index is 5.53. The van der Waals surface area contributed by atoms with Gasteiger partial charge in [0.1, 0.15) is 0 Å². The third kappa shape index (κ3) is 1.98. The van der Waals surface area contributed by atoms with Crippen LogP contribution in [0.15, 0.2) is 9.15 Å². The molecule has 0 radical (unpaired) electrons. The van der Waals surface area contributed by atoms with Gasteiger partial charge in [-0.2, -0.15) is 4.98 Å². The summed E-state index contributed by atoms with van der Waals surface area (Å²) in [5.41, 5.74) is 5.80. The lowest BCUT2D eigenvalue weighted by Crippen LogP contribution is -2.09. The third-order valence-electron chi connectivity index (χ3n) is 2.62. The fourth-order valence-corrected chi connectivity index (χ4v) is 1.79. The second-order valence-corrected chi connectivity index (χ2v) is 3.85. The van der Waals surface area contributed by atoms with E-state index in [-0.39, 0.29) is 23.5 Å². The Morgan fingerprint density at radius 1 is 1.29 bits per heavy atom. The molecule has 0 amide bonds. The lowest BCUT2D eigenvalue weighted by atomic mass is 10.2. The minimum atomic E-state index is 0.136. The van der Waals surface area contributed by atoms with Gasteiger partial charge in [0.25, 0.3) is 5.89 Å². The summed E-state index contributed by atoms with van der Waals surface area (Å²) in [6.07, 6.45) is 2.91. The van der Waals surface area contributed by atoms with E-state index in [0.717, 1.165) is 19.4 Å². The van der Waals surface area contributed by atoms with E-state index in [2.05, 4.69) is 25.1 Å². The van der Waals surface area contributed by atoms with Crippen LogP contribution in [0.2, 0.25) is 0 Å². The molecule has 1 aliphatic rings. The normalized spacial score (nSPS) is 19.9.